The van der Waals surface area contributed by atoms with Crippen molar-refractivity contribution in [1.29, 1.82) is 0 Å². The van der Waals surface area contributed by atoms with Crippen LogP contribution in [0.4, 0.5) is 0 Å². The van der Waals surface area contributed by atoms with Gasteiger partial charge in [-0.1, -0.05) is 6.92 Å². The van der Waals surface area contributed by atoms with Gasteiger partial charge in [-0.05, 0) is 51.6 Å². The SMILES string of the molecule is CCCNC(Cc1cc(C)nn1CC)C1CC1. The molecule has 1 unspecified atom stereocenters. The summed E-state index contributed by atoms with van der Waals surface area (Å²) in [6.07, 6.45) is 5.16. The summed E-state index contributed by atoms with van der Waals surface area (Å²) in [5.41, 5.74) is 2.54. The van der Waals surface area contributed by atoms with Gasteiger partial charge < -0.3 is 5.32 Å². The fourth-order valence-electron chi connectivity index (χ4n) is 2.50. The zero-order valence-corrected chi connectivity index (χ0v) is 11.4. The molecule has 0 aliphatic heterocycles. The van der Waals surface area contributed by atoms with Gasteiger partial charge >= 0.3 is 0 Å². The summed E-state index contributed by atoms with van der Waals surface area (Å²) < 4.78 is 2.15. The Morgan fingerprint density at radius 2 is 2.24 bits per heavy atom. The maximum absolute atomic E-state index is 4.53. The van der Waals surface area contributed by atoms with Crippen LogP contribution in [0.2, 0.25) is 0 Å². The fraction of sp³-hybridized carbons (Fsp3) is 0.786. The minimum atomic E-state index is 0.663. The largest absolute Gasteiger partial charge is 0.313 e. The zero-order valence-electron chi connectivity index (χ0n) is 11.4. The van der Waals surface area contributed by atoms with Crippen molar-refractivity contribution in [2.45, 2.75) is 59.0 Å². The Bertz CT molecular complexity index is 352. The van der Waals surface area contributed by atoms with Gasteiger partial charge in [-0.2, -0.15) is 5.10 Å². The number of nitrogens with zero attached hydrogens (tertiary/aromatic N) is 2. The molecule has 1 saturated carbocycles. The van der Waals surface area contributed by atoms with Crippen molar-refractivity contribution in [1.82, 2.24) is 15.1 Å². The molecule has 96 valence electrons. The molecule has 0 radical (unpaired) electrons. The van der Waals surface area contributed by atoms with Gasteiger partial charge in [0.2, 0.25) is 0 Å². The van der Waals surface area contributed by atoms with E-state index in [2.05, 4.69) is 41.9 Å². The minimum absolute atomic E-state index is 0.663. The lowest BCUT2D eigenvalue weighted by atomic mass is 10.1. The molecule has 1 fully saturated rings. The maximum atomic E-state index is 4.53. The van der Waals surface area contributed by atoms with Crippen LogP contribution in [0.25, 0.3) is 0 Å². The zero-order chi connectivity index (χ0) is 12.3. The Morgan fingerprint density at radius 3 is 2.82 bits per heavy atom. The Balaban J connectivity index is 2.00. The molecule has 3 heteroatoms. The number of aryl methyl sites for hydroxylation is 2. The molecule has 0 bridgehead atoms. The van der Waals surface area contributed by atoms with Crippen LogP contribution in [0.3, 0.4) is 0 Å². The first-order valence-corrected chi connectivity index (χ1v) is 7.01. The molecule has 0 saturated heterocycles. The van der Waals surface area contributed by atoms with E-state index in [4.69, 9.17) is 0 Å². The summed E-state index contributed by atoms with van der Waals surface area (Å²) in [4.78, 5) is 0. The third-order valence-corrected chi connectivity index (χ3v) is 3.56. The van der Waals surface area contributed by atoms with E-state index in [-0.39, 0.29) is 0 Å². The van der Waals surface area contributed by atoms with E-state index in [9.17, 15) is 0 Å². The van der Waals surface area contributed by atoms with E-state index in [1.807, 2.05) is 0 Å². The lowest BCUT2D eigenvalue weighted by Crippen LogP contribution is -2.34. The van der Waals surface area contributed by atoms with Gasteiger partial charge in [0.25, 0.3) is 0 Å². The Kier molecular flexibility index (Phi) is 4.21. The first-order valence-electron chi connectivity index (χ1n) is 7.01. The van der Waals surface area contributed by atoms with Crippen LogP contribution in [-0.2, 0) is 13.0 Å². The predicted molar refractivity (Wildman–Crippen MR) is 71.1 cm³/mol. The third-order valence-electron chi connectivity index (χ3n) is 3.56. The number of rotatable bonds is 7. The molecular formula is C14H25N3. The Morgan fingerprint density at radius 1 is 1.47 bits per heavy atom. The van der Waals surface area contributed by atoms with Crippen LogP contribution >= 0.6 is 0 Å². The smallest absolute Gasteiger partial charge is 0.0596 e. The second kappa shape index (κ2) is 5.67. The van der Waals surface area contributed by atoms with E-state index in [0.717, 1.165) is 31.1 Å². The molecule has 1 atom stereocenters. The number of hydrogen-bond acceptors (Lipinski definition) is 2. The molecule has 1 aromatic rings. The molecule has 0 aromatic carbocycles. The van der Waals surface area contributed by atoms with Gasteiger partial charge in [-0.3, -0.25) is 4.68 Å². The van der Waals surface area contributed by atoms with E-state index in [1.165, 1.54) is 25.0 Å². The number of nitrogens with one attached hydrogen (secondary N) is 1. The van der Waals surface area contributed by atoms with E-state index < -0.39 is 0 Å². The van der Waals surface area contributed by atoms with Crippen molar-refractivity contribution in [3.63, 3.8) is 0 Å². The summed E-state index contributed by atoms with van der Waals surface area (Å²) in [5, 5.41) is 8.23. The molecule has 0 amide bonds. The van der Waals surface area contributed by atoms with E-state index in [1.54, 1.807) is 0 Å². The summed E-state index contributed by atoms with van der Waals surface area (Å²) in [6.45, 7) is 8.61. The van der Waals surface area contributed by atoms with Crippen molar-refractivity contribution in [2.75, 3.05) is 6.54 Å². The highest BCUT2D eigenvalue weighted by atomic mass is 15.3. The topological polar surface area (TPSA) is 29.9 Å². The lowest BCUT2D eigenvalue weighted by Gasteiger charge is -2.18. The van der Waals surface area contributed by atoms with Gasteiger partial charge in [0, 0.05) is 24.7 Å². The summed E-state index contributed by atoms with van der Waals surface area (Å²) in [7, 11) is 0. The van der Waals surface area contributed by atoms with Crippen LogP contribution in [0, 0.1) is 12.8 Å². The normalized spacial score (nSPS) is 17.4. The van der Waals surface area contributed by atoms with Crippen molar-refractivity contribution < 1.29 is 0 Å². The lowest BCUT2D eigenvalue weighted by molar-refractivity contribution is 0.444. The number of aromatic nitrogens is 2. The van der Waals surface area contributed by atoms with Gasteiger partial charge in [0.1, 0.15) is 0 Å². The molecule has 1 aromatic heterocycles. The predicted octanol–water partition coefficient (Wildman–Crippen LogP) is 2.53. The van der Waals surface area contributed by atoms with Crippen molar-refractivity contribution in [3.05, 3.63) is 17.5 Å². The minimum Gasteiger partial charge on any atom is -0.313 e. The summed E-state index contributed by atoms with van der Waals surface area (Å²) >= 11 is 0. The maximum Gasteiger partial charge on any atom is 0.0596 e. The molecule has 1 aliphatic carbocycles. The highest BCUT2D eigenvalue weighted by molar-refractivity contribution is 5.11. The second-order valence-corrected chi connectivity index (χ2v) is 5.19. The molecule has 0 spiro atoms. The molecule has 1 heterocycles. The van der Waals surface area contributed by atoms with Crippen LogP contribution in [0.1, 0.15) is 44.5 Å². The Labute approximate surface area is 105 Å². The molecule has 1 aliphatic rings. The molecule has 17 heavy (non-hydrogen) atoms. The van der Waals surface area contributed by atoms with Gasteiger partial charge in [-0.25, -0.2) is 0 Å². The van der Waals surface area contributed by atoms with Crippen molar-refractivity contribution in [2.24, 2.45) is 5.92 Å². The average molecular weight is 235 g/mol. The standard InChI is InChI=1S/C14H25N3/c1-4-8-15-14(12-6-7-12)10-13-9-11(3)16-17(13)5-2/h9,12,14-15H,4-8,10H2,1-3H3. The fourth-order valence-corrected chi connectivity index (χ4v) is 2.50. The number of hydrogen-bond donors (Lipinski definition) is 1. The van der Waals surface area contributed by atoms with Crippen LogP contribution in [0.5, 0.6) is 0 Å². The van der Waals surface area contributed by atoms with E-state index in [0.29, 0.717) is 6.04 Å². The monoisotopic (exact) mass is 235 g/mol. The Hall–Kier alpha value is -0.830. The summed E-state index contributed by atoms with van der Waals surface area (Å²) in [5.74, 6) is 0.905. The quantitative estimate of drug-likeness (QED) is 0.787. The van der Waals surface area contributed by atoms with Crippen LogP contribution in [0.15, 0.2) is 6.07 Å². The highest BCUT2D eigenvalue weighted by Gasteiger charge is 2.31. The van der Waals surface area contributed by atoms with Crippen LogP contribution < -0.4 is 5.32 Å². The average Bonchev–Trinajstić information content (AvgIpc) is 3.09. The first kappa shape index (κ1) is 12.6. The van der Waals surface area contributed by atoms with Crippen molar-refractivity contribution in [3.8, 4) is 0 Å². The third kappa shape index (κ3) is 3.32. The second-order valence-electron chi connectivity index (χ2n) is 5.19. The molecule has 1 N–H and O–H groups in total. The van der Waals surface area contributed by atoms with Gasteiger partial charge in [0.05, 0.1) is 5.69 Å². The van der Waals surface area contributed by atoms with Crippen molar-refractivity contribution >= 4 is 0 Å². The van der Waals surface area contributed by atoms with Gasteiger partial charge in [-0.15, -0.1) is 0 Å². The van der Waals surface area contributed by atoms with E-state index >= 15 is 0 Å². The summed E-state index contributed by atoms with van der Waals surface area (Å²) in [6, 6.07) is 2.91. The molecule has 2 rings (SSSR count). The molecular weight excluding hydrogens is 210 g/mol. The first-order chi connectivity index (χ1) is 8.24. The molecule has 3 nitrogen and oxygen atoms in total. The van der Waals surface area contributed by atoms with Gasteiger partial charge in [0.15, 0.2) is 0 Å². The highest BCUT2D eigenvalue weighted by Crippen LogP contribution is 2.34. The van der Waals surface area contributed by atoms with Crippen LogP contribution in [-0.4, -0.2) is 22.4 Å².